The highest BCUT2D eigenvalue weighted by Gasteiger charge is 2.05. The Hall–Kier alpha value is -0.550. The van der Waals surface area contributed by atoms with E-state index in [2.05, 4.69) is 17.9 Å². The monoisotopic (exact) mass is 387 g/mol. The molecule has 0 rings (SSSR count). The van der Waals surface area contributed by atoms with Gasteiger partial charge in [-0.25, -0.2) is 0 Å². The molecule has 1 unspecified atom stereocenters. The van der Waals surface area contributed by atoms with E-state index in [-0.39, 0.29) is 11.2 Å². The molecule has 154 valence electrons. The standard InChI is InChI=1S/C21H41NO3S/c1-19(21(25)26)22-18-16-14-12-10-8-6-4-2-3-5-7-9-11-13-15-17-20(23)24/h19,22H,2-18H2,1H3,(H,23,24)(H,25,26). The molecule has 0 bridgehead atoms. The van der Waals surface area contributed by atoms with Crippen molar-refractivity contribution < 1.29 is 14.7 Å². The third-order valence-corrected chi connectivity index (χ3v) is 5.28. The number of carbonyl (C=O) groups excluding carboxylic acids is 1. The molecule has 0 heterocycles. The van der Waals surface area contributed by atoms with Crippen LogP contribution in [-0.4, -0.2) is 28.8 Å². The zero-order valence-corrected chi connectivity index (χ0v) is 17.7. The van der Waals surface area contributed by atoms with E-state index in [1.165, 1.54) is 77.0 Å². The lowest BCUT2D eigenvalue weighted by Gasteiger charge is -2.09. The first-order chi connectivity index (χ1) is 12.5. The quantitative estimate of drug-likeness (QED) is 0.184. The summed E-state index contributed by atoms with van der Waals surface area (Å²) in [5.74, 6) is -0.668. The Morgan fingerprint density at radius 1 is 0.731 bits per heavy atom. The van der Waals surface area contributed by atoms with Crippen molar-refractivity contribution in [1.29, 1.82) is 0 Å². The summed E-state index contributed by atoms with van der Waals surface area (Å²) in [6.45, 7) is 2.77. The molecule has 0 aromatic carbocycles. The maximum Gasteiger partial charge on any atom is 0.303 e. The predicted octanol–water partition coefficient (Wildman–Crippen LogP) is 5.75. The fourth-order valence-electron chi connectivity index (χ4n) is 3.11. The zero-order valence-electron chi connectivity index (χ0n) is 16.8. The van der Waals surface area contributed by atoms with Gasteiger partial charge in [0.1, 0.15) is 0 Å². The largest absolute Gasteiger partial charge is 0.481 e. The van der Waals surface area contributed by atoms with Crippen LogP contribution in [0.2, 0.25) is 0 Å². The minimum absolute atomic E-state index is 0.0826. The number of carboxylic acids is 1. The van der Waals surface area contributed by atoms with Gasteiger partial charge in [0.15, 0.2) is 0 Å². The fraction of sp³-hybridized carbons (Fsp3) is 0.905. The molecule has 0 spiro atoms. The lowest BCUT2D eigenvalue weighted by molar-refractivity contribution is -0.137. The Labute approximate surface area is 166 Å². The van der Waals surface area contributed by atoms with Crippen LogP contribution in [0.3, 0.4) is 0 Å². The van der Waals surface area contributed by atoms with Gasteiger partial charge in [0.05, 0.1) is 6.04 Å². The number of carbonyl (C=O) groups is 2. The van der Waals surface area contributed by atoms with E-state index < -0.39 is 5.97 Å². The molecule has 5 heteroatoms. The number of aliphatic carboxylic acids is 1. The van der Waals surface area contributed by atoms with Gasteiger partial charge in [-0.1, -0.05) is 83.5 Å². The van der Waals surface area contributed by atoms with Gasteiger partial charge in [-0.15, -0.1) is 12.6 Å². The normalized spacial score (nSPS) is 12.2. The first kappa shape index (κ1) is 25.4. The van der Waals surface area contributed by atoms with Gasteiger partial charge >= 0.3 is 5.97 Å². The predicted molar refractivity (Wildman–Crippen MR) is 113 cm³/mol. The van der Waals surface area contributed by atoms with Gasteiger partial charge in [0, 0.05) is 6.42 Å². The molecule has 0 aromatic rings. The zero-order chi connectivity index (χ0) is 19.5. The Morgan fingerprint density at radius 2 is 1.08 bits per heavy atom. The topological polar surface area (TPSA) is 66.4 Å². The summed E-state index contributed by atoms with van der Waals surface area (Å²) in [6.07, 6.45) is 19.1. The van der Waals surface area contributed by atoms with E-state index in [9.17, 15) is 9.59 Å². The van der Waals surface area contributed by atoms with Gasteiger partial charge in [-0.05, 0) is 26.3 Å². The van der Waals surface area contributed by atoms with E-state index in [1.807, 2.05) is 6.92 Å². The van der Waals surface area contributed by atoms with Crippen LogP contribution in [0.15, 0.2) is 0 Å². The van der Waals surface area contributed by atoms with Crippen LogP contribution in [0.5, 0.6) is 0 Å². The molecule has 0 amide bonds. The van der Waals surface area contributed by atoms with E-state index >= 15 is 0 Å². The minimum atomic E-state index is -0.668. The lowest BCUT2D eigenvalue weighted by atomic mass is 10.0. The molecule has 4 nitrogen and oxygen atoms in total. The third kappa shape index (κ3) is 19.8. The highest BCUT2D eigenvalue weighted by Crippen LogP contribution is 2.13. The first-order valence-corrected chi connectivity index (χ1v) is 11.2. The average molecular weight is 388 g/mol. The molecule has 2 N–H and O–H groups in total. The molecule has 0 fully saturated rings. The average Bonchev–Trinajstić information content (AvgIpc) is 2.60. The molecular weight excluding hydrogens is 346 g/mol. The Bertz CT molecular complexity index is 350. The molecule has 0 saturated heterocycles. The third-order valence-electron chi connectivity index (χ3n) is 4.89. The van der Waals surface area contributed by atoms with Crippen molar-refractivity contribution >= 4 is 23.7 Å². The fourth-order valence-corrected chi connectivity index (χ4v) is 3.20. The number of hydrogen-bond donors (Lipinski definition) is 3. The SMILES string of the molecule is CC(NCCCCCCCCCCCCCCCCCC(=O)O)C(=O)S. The molecule has 0 radical (unpaired) electrons. The maximum atomic E-state index is 11.0. The highest BCUT2D eigenvalue weighted by atomic mass is 32.1. The van der Waals surface area contributed by atoms with Gasteiger partial charge in [-0.2, -0.15) is 0 Å². The molecule has 1 atom stereocenters. The smallest absolute Gasteiger partial charge is 0.303 e. The number of thiol groups is 1. The molecule has 0 aliphatic heterocycles. The Kier molecular flexibility index (Phi) is 18.8. The van der Waals surface area contributed by atoms with Crippen LogP contribution in [-0.2, 0) is 9.59 Å². The summed E-state index contributed by atoms with van der Waals surface area (Å²) in [6, 6.07) is -0.129. The first-order valence-electron chi connectivity index (χ1n) is 10.7. The Balaban J connectivity index is 3.07. The Morgan fingerprint density at radius 3 is 1.42 bits per heavy atom. The van der Waals surface area contributed by atoms with Crippen LogP contribution in [0.1, 0.15) is 110 Å². The van der Waals surface area contributed by atoms with Crippen molar-refractivity contribution in [2.45, 2.75) is 116 Å². The minimum Gasteiger partial charge on any atom is -0.481 e. The van der Waals surface area contributed by atoms with Crippen molar-refractivity contribution in [3.8, 4) is 0 Å². The van der Waals surface area contributed by atoms with E-state index in [4.69, 9.17) is 5.11 Å². The molecule has 0 aliphatic carbocycles. The van der Waals surface area contributed by atoms with Gasteiger partial charge in [0.2, 0.25) is 5.12 Å². The summed E-state index contributed by atoms with van der Waals surface area (Å²) in [5.41, 5.74) is 0. The van der Waals surface area contributed by atoms with Crippen LogP contribution < -0.4 is 5.32 Å². The van der Waals surface area contributed by atoms with Gasteiger partial charge in [0.25, 0.3) is 0 Å². The highest BCUT2D eigenvalue weighted by molar-refractivity contribution is 7.96. The van der Waals surface area contributed by atoms with Crippen molar-refractivity contribution in [1.82, 2.24) is 5.32 Å². The second kappa shape index (κ2) is 19.2. The molecule has 0 aromatic heterocycles. The van der Waals surface area contributed by atoms with Gasteiger partial charge < -0.3 is 10.4 Å². The molecular formula is C21H41NO3S. The van der Waals surface area contributed by atoms with Crippen LogP contribution in [0.25, 0.3) is 0 Å². The molecule has 26 heavy (non-hydrogen) atoms. The number of rotatable bonds is 20. The number of hydrogen-bond acceptors (Lipinski definition) is 3. The van der Waals surface area contributed by atoms with Crippen LogP contribution in [0.4, 0.5) is 0 Å². The van der Waals surface area contributed by atoms with E-state index in [0.717, 1.165) is 25.8 Å². The van der Waals surface area contributed by atoms with Crippen molar-refractivity contribution in [2.24, 2.45) is 0 Å². The summed E-state index contributed by atoms with van der Waals surface area (Å²) in [4.78, 5) is 21.3. The number of carboxylic acid groups (broad SMARTS) is 1. The van der Waals surface area contributed by atoms with Crippen molar-refractivity contribution in [3.05, 3.63) is 0 Å². The lowest BCUT2D eigenvalue weighted by Crippen LogP contribution is -2.31. The number of unbranched alkanes of at least 4 members (excludes halogenated alkanes) is 14. The van der Waals surface area contributed by atoms with Crippen LogP contribution in [0, 0.1) is 0 Å². The molecule has 0 saturated carbocycles. The maximum absolute atomic E-state index is 11.0. The van der Waals surface area contributed by atoms with E-state index in [0.29, 0.717) is 6.42 Å². The van der Waals surface area contributed by atoms with Crippen molar-refractivity contribution in [3.63, 3.8) is 0 Å². The van der Waals surface area contributed by atoms with Crippen molar-refractivity contribution in [2.75, 3.05) is 6.54 Å². The summed E-state index contributed by atoms with van der Waals surface area (Å²) < 4.78 is 0. The summed E-state index contributed by atoms with van der Waals surface area (Å²) >= 11 is 3.81. The second-order valence-electron chi connectivity index (χ2n) is 7.46. The summed E-state index contributed by atoms with van der Waals surface area (Å²) in [5, 5.41) is 11.7. The number of nitrogens with one attached hydrogen (secondary N) is 1. The second-order valence-corrected chi connectivity index (χ2v) is 7.90. The summed E-state index contributed by atoms with van der Waals surface area (Å²) in [7, 11) is 0. The molecule has 0 aliphatic rings. The van der Waals surface area contributed by atoms with Crippen LogP contribution >= 0.6 is 12.6 Å². The van der Waals surface area contributed by atoms with Gasteiger partial charge in [-0.3, -0.25) is 9.59 Å². The van der Waals surface area contributed by atoms with E-state index in [1.54, 1.807) is 0 Å².